The Bertz CT molecular complexity index is 1260. The number of rotatable bonds is 15. The van der Waals surface area contributed by atoms with Gasteiger partial charge in [0, 0.05) is 30.9 Å². The second kappa shape index (κ2) is 15.6. The average molecular weight is 578 g/mol. The van der Waals surface area contributed by atoms with Gasteiger partial charge in [0.25, 0.3) is 0 Å². The first-order valence-corrected chi connectivity index (χ1v) is 15.4. The van der Waals surface area contributed by atoms with E-state index in [1.807, 2.05) is 53.4 Å². The van der Waals surface area contributed by atoms with Crippen LogP contribution in [0.4, 0.5) is 0 Å². The lowest BCUT2D eigenvalue weighted by Gasteiger charge is -2.29. The Kier molecular flexibility index (Phi) is 11.6. The number of carbonyl (C=O) groups is 2. The highest BCUT2D eigenvalue weighted by atomic mass is 32.1. The molecule has 220 valence electrons. The first kappa shape index (κ1) is 30.6. The molecule has 41 heavy (non-hydrogen) atoms. The van der Waals surface area contributed by atoms with Gasteiger partial charge in [-0.05, 0) is 86.0 Å². The molecule has 2 heterocycles. The van der Waals surface area contributed by atoms with Crippen LogP contribution >= 0.6 is 11.3 Å². The van der Waals surface area contributed by atoms with Crippen molar-refractivity contribution < 1.29 is 19.1 Å². The van der Waals surface area contributed by atoms with Gasteiger partial charge in [-0.15, -0.1) is 11.3 Å². The standard InChI is InChI=1S/C33H43N3O4S/c1-26-16-22-41-31(26)24-35(19-15-28-11-13-29(39-2)30(23-28)40-3)33(38)25-36(21-20-34-17-7-8-18-34)32(37)14-12-27-9-5-4-6-10-27/h4-6,9-11,13,16,22-23H,7-8,12,14-15,17-21,24-25H2,1-3H3. The molecule has 0 atom stereocenters. The molecule has 0 bridgehead atoms. The van der Waals surface area contributed by atoms with E-state index in [2.05, 4.69) is 23.3 Å². The van der Waals surface area contributed by atoms with E-state index in [4.69, 9.17) is 9.47 Å². The number of aryl methyl sites for hydroxylation is 2. The predicted octanol–water partition coefficient (Wildman–Crippen LogP) is 5.20. The van der Waals surface area contributed by atoms with Gasteiger partial charge in [-0.25, -0.2) is 0 Å². The summed E-state index contributed by atoms with van der Waals surface area (Å²) in [7, 11) is 3.25. The number of thiophene rings is 1. The van der Waals surface area contributed by atoms with Gasteiger partial charge in [-0.2, -0.15) is 0 Å². The fourth-order valence-corrected chi connectivity index (χ4v) is 6.13. The lowest BCUT2D eigenvalue weighted by molar-refractivity contribution is -0.141. The average Bonchev–Trinajstić information content (AvgIpc) is 3.67. The van der Waals surface area contributed by atoms with Gasteiger partial charge < -0.3 is 24.2 Å². The number of amides is 2. The highest BCUT2D eigenvalue weighted by molar-refractivity contribution is 7.10. The van der Waals surface area contributed by atoms with E-state index >= 15 is 0 Å². The molecule has 0 radical (unpaired) electrons. The maximum absolute atomic E-state index is 13.9. The molecule has 7 nitrogen and oxygen atoms in total. The predicted molar refractivity (Wildman–Crippen MR) is 165 cm³/mol. The molecule has 0 N–H and O–H groups in total. The summed E-state index contributed by atoms with van der Waals surface area (Å²) in [5.41, 5.74) is 3.38. The fraction of sp³-hybridized carbons (Fsp3) is 0.455. The number of benzene rings is 2. The number of likely N-dealkylation sites (tertiary alicyclic amines) is 1. The van der Waals surface area contributed by atoms with Crippen molar-refractivity contribution in [1.82, 2.24) is 14.7 Å². The van der Waals surface area contributed by atoms with Crippen LogP contribution in [0.5, 0.6) is 11.5 Å². The van der Waals surface area contributed by atoms with Crippen LogP contribution in [0.3, 0.4) is 0 Å². The van der Waals surface area contributed by atoms with Crippen molar-refractivity contribution in [3.63, 3.8) is 0 Å². The smallest absolute Gasteiger partial charge is 0.242 e. The quantitative estimate of drug-likeness (QED) is 0.249. The second-order valence-electron chi connectivity index (χ2n) is 10.6. The van der Waals surface area contributed by atoms with E-state index in [0.717, 1.165) is 30.8 Å². The number of ether oxygens (including phenoxy) is 2. The lowest BCUT2D eigenvalue weighted by Crippen LogP contribution is -2.45. The van der Waals surface area contributed by atoms with E-state index in [1.165, 1.54) is 23.3 Å². The summed E-state index contributed by atoms with van der Waals surface area (Å²) >= 11 is 1.67. The van der Waals surface area contributed by atoms with Crippen molar-refractivity contribution in [1.29, 1.82) is 0 Å². The minimum atomic E-state index is -0.0206. The molecule has 8 heteroatoms. The fourth-order valence-electron chi connectivity index (χ4n) is 5.21. The summed E-state index contributed by atoms with van der Waals surface area (Å²) in [5, 5.41) is 2.07. The Morgan fingerprint density at radius 1 is 0.854 bits per heavy atom. The third kappa shape index (κ3) is 9.07. The molecule has 0 spiro atoms. The number of carbonyl (C=O) groups excluding carboxylic acids is 2. The largest absolute Gasteiger partial charge is 0.493 e. The second-order valence-corrected chi connectivity index (χ2v) is 11.6. The number of hydrogen-bond acceptors (Lipinski definition) is 6. The molecule has 0 unspecified atom stereocenters. The zero-order valence-electron chi connectivity index (χ0n) is 24.6. The van der Waals surface area contributed by atoms with Crippen molar-refractivity contribution in [2.75, 3.05) is 53.5 Å². The zero-order chi connectivity index (χ0) is 29.0. The van der Waals surface area contributed by atoms with E-state index in [1.54, 1.807) is 30.5 Å². The molecule has 3 aromatic rings. The van der Waals surface area contributed by atoms with E-state index in [-0.39, 0.29) is 18.4 Å². The molecule has 2 aromatic carbocycles. The molecular formula is C33H43N3O4S. The summed E-state index contributed by atoms with van der Waals surface area (Å²) < 4.78 is 10.9. The topological polar surface area (TPSA) is 62.3 Å². The first-order valence-electron chi connectivity index (χ1n) is 14.5. The molecule has 1 aliphatic rings. The molecule has 1 fully saturated rings. The van der Waals surface area contributed by atoms with Crippen LogP contribution in [0.15, 0.2) is 60.0 Å². The Morgan fingerprint density at radius 3 is 2.29 bits per heavy atom. The Morgan fingerprint density at radius 2 is 1.61 bits per heavy atom. The molecular weight excluding hydrogens is 534 g/mol. The number of hydrogen-bond donors (Lipinski definition) is 0. The maximum atomic E-state index is 13.9. The molecule has 4 rings (SSSR count). The third-order valence-corrected chi connectivity index (χ3v) is 8.82. The van der Waals surface area contributed by atoms with Gasteiger partial charge in [-0.1, -0.05) is 36.4 Å². The maximum Gasteiger partial charge on any atom is 0.242 e. The SMILES string of the molecule is COc1ccc(CCN(Cc2sccc2C)C(=O)CN(CCN2CCCC2)C(=O)CCc2ccccc2)cc1OC. The number of methoxy groups -OCH3 is 2. The van der Waals surface area contributed by atoms with E-state index < -0.39 is 0 Å². The van der Waals surface area contributed by atoms with Crippen LogP contribution in [0, 0.1) is 6.92 Å². The summed E-state index contributed by atoms with van der Waals surface area (Å²) in [6.07, 6.45) is 4.14. The minimum Gasteiger partial charge on any atom is -0.493 e. The summed E-state index contributed by atoms with van der Waals surface area (Å²) in [5.74, 6) is 1.37. The van der Waals surface area contributed by atoms with Gasteiger partial charge in [0.2, 0.25) is 11.8 Å². The highest BCUT2D eigenvalue weighted by Gasteiger charge is 2.24. The van der Waals surface area contributed by atoms with Crippen LogP contribution < -0.4 is 9.47 Å². The Labute approximate surface area is 248 Å². The van der Waals surface area contributed by atoms with Crippen LogP contribution in [-0.2, 0) is 29.0 Å². The van der Waals surface area contributed by atoms with Gasteiger partial charge in [-0.3, -0.25) is 9.59 Å². The third-order valence-electron chi connectivity index (χ3n) is 7.81. The Balaban J connectivity index is 1.47. The van der Waals surface area contributed by atoms with Crippen LogP contribution in [0.2, 0.25) is 0 Å². The van der Waals surface area contributed by atoms with Gasteiger partial charge in [0.15, 0.2) is 11.5 Å². The van der Waals surface area contributed by atoms with Gasteiger partial charge >= 0.3 is 0 Å². The van der Waals surface area contributed by atoms with Crippen LogP contribution in [0.25, 0.3) is 0 Å². The van der Waals surface area contributed by atoms with Crippen molar-refractivity contribution in [3.8, 4) is 11.5 Å². The minimum absolute atomic E-state index is 0.0206. The highest BCUT2D eigenvalue weighted by Crippen LogP contribution is 2.28. The molecule has 0 saturated carbocycles. The van der Waals surface area contributed by atoms with Gasteiger partial charge in [0.05, 0.1) is 27.3 Å². The molecule has 1 aromatic heterocycles. The van der Waals surface area contributed by atoms with E-state index in [0.29, 0.717) is 50.4 Å². The molecule has 1 aliphatic heterocycles. The Hall–Kier alpha value is -3.36. The summed E-state index contributed by atoms with van der Waals surface area (Å²) in [4.78, 5) is 34.6. The zero-order valence-corrected chi connectivity index (χ0v) is 25.5. The van der Waals surface area contributed by atoms with Crippen molar-refractivity contribution in [2.45, 2.75) is 45.6 Å². The summed E-state index contributed by atoms with van der Waals surface area (Å²) in [6.45, 7) is 6.76. The van der Waals surface area contributed by atoms with Crippen molar-refractivity contribution in [3.05, 3.63) is 81.5 Å². The molecule has 0 aliphatic carbocycles. The molecule has 2 amide bonds. The lowest BCUT2D eigenvalue weighted by atomic mass is 10.1. The van der Waals surface area contributed by atoms with Crippen LogP contribution in [-0.4, -0.2) is 80.0 Å². The van der Waals surface area contributed by atoms with Crippen molar-refractivity contribution in [2.24, 2.45) is 0 Å². The normalized spacial score (nSPS) is 13.2. The van der Waals surface area contributed by atoms with Gasteiger partial charge in [0.1, 0.15) is 0 Å². The van der Waals surface area contributed by atoms with Crippen LogP contribution in [0.1, 0.15) is 40.8 Å². The molecule has 1 saturated heterocycles. The first-order chi connectivity index (χ1) is 20.0. The van der Waals surface area contributed by atoms with E-state index in [9.17, 15) is 9.59 Å². The van der Waals surface area contributed by atoms with Crippen molar-refractivity contribution >= 4 is 23.2 Å². The monoisotopic (exact) mass is 577 g/mol. The summed E-state index contributed by atoms with van der Waals surface area (Å²) in [6, 6.07) is 18.0. The number of nitrogens with zero attached hydrogens (tertiary/aromatic N) is 3.